The normalized spacial score (nSPS) is 11.3. The van der Waals surface area contributed by atoms with E-state index in [4.69, 9.17) is 4.42 Å². The van der Waals surface area contributed by atoms with E-state index in [1.54, 1.807) is 10.9 Å². The summed E-state index contributed by atoms with van der Waals surface area (Å²) in [5.41, 5.74) is 1.89. The summed E-state index contributed by atoms with van der Waals surface area (Å²) in [6.45, 7) is 6.05. The Balaban J connectivity index is 2.07. The van der Waals surface area contributed by atoms with Crippen LogP contribution in [0.3, 0.4) is 0 Å². The average Bonchev–Trinajstić information content (AvgIpc) is 2.86. The molecular formula is C12H18N4O. The maximum Gasteiger partial charge on any atom is 0.181 e. The van der Waals surface area contributed by atoms with Crippen LogP contribution in [0, 0.1) is 5.92 Å². The smallest absolute Gasteiger partial charge is 0.181 e. The number of hydrogen-bond donors (Lipinski definition) is 1. The van der Waals surface area contributed by atoms with Crippen LogP contribution >= 0.6 is 0 Å². The van der Waals surface area contributed by atoms with E-state index >= 15 is 0 Å². The van der Waals surface area contributed by atoms with E-state index in [-0.39, 0.29) is 0 Å². The van der Waals surface area contributed by atoms with Gasteiger partial charge in [0.2, 0.25) is 0 Å². The first-order valence-corrected chi connectivity index (χ1v) is 5.79. The summed E-state index contributed by atoms with van der Waals surface area (Å²) in [4.78, 5) is 4.23. The molecule has 0 bridgehead atoms. The van der Waals surface area contributed by atoms with Crippen molar-refractivity contribution in [1.29, 1.82) is 0 Å². The third-order valence-corrected chi connectivity index (χ3v) is 2.45. The quantitative estimate of drug-likeness (QED) is 0.857. The number of aryl methyl sites for hydroxylation is 1. The van der Waals surface area contributed by atoms with Gasteiger partial charge in [-0.3, -0.25) is 4.68 Å². The van der Waals surface area contributed by atoms with E-state index in [1.165, 1.54) is 6.39 Å². The van der Waals surface area contributed by atoms with E-state index in [2.05, 4.69) is 29.2 Å². The zero-order chi connectivity index (χ0) is 12.3. The largest absolute Gasteiger partial charge is 0.443 e. The maximum absolute atomic E-state index is 5.42. The molecule has 1 N–H and O–H groups in total. The molecule has 2 heterocycles. The molecule has 0 aromatic carbocycles. The molecule has 0 spiro atoms. The van der Waals surface area contributed by atoms with Gasteiger partial charge in [0.25, 0.3) is 0 Å². The monoisotopic (exact) mass is 234 g/mol. The fraction of sp³-hybridized carbons (Fsp3) is 0.500. The maximum atomic E-state index is 5.42. The molecule has 0 fully saturated rings. The molecule has 17 heavy (non-hydrogen) atoms. The van der Waals surface area contributed by atoms with Crippen molar-refractivity contribution in [2.75, 3.05) is 6.54 Å². The van der Waals surface area contributed by atoms with Crippen molar-refractivity contribution in [2.45, 2.75) is 20.4 Å². The van der Waals surface area contributed by atoms with Crippen LogP contribution in [0.1, 0.15) is 19.5 Å². The molecular weight excluding hydrogens is 216 g/mol. The predicted molar refractivity (Wildman–Crippen MR) is 65.2 cm³/mol. The van der Waals surface area contributed by atoms with Crippen molar-refractivity contribution >= 4 is 0 Å². The fourth-order valence-electron chi connectivity index (χ4n) is 1.65. The molecule has 0 amide bonds. The second-order valence-corrected chi connectivity index (χ2v) is 4.56. The molecule has 92 valence electrons. The van der Waals surface area contributed by atoms with Crippen molar-refractivity contribution in [3.8, 4) is 11.3 Å². The lowest BCUT2D eigenvalue weighted by Crippen LogP contribution is -2.19. The second kappa shape index (κ2) is 5.14. The van der Waals surface area contributed by atoms with Gasteiger partial charge in [-0.25, -0.2) is 4.98 Å². The Morgan fingerprint density at radius 3 is 2.94 bits per heavy atom. The number of aromatic nitrogens is 3. The minimum Gasteiger partial charge on any atom is -0.443 e. The van der Waals surface area contributed by atoms with Crippen molar-refractivity contribution in [3.05, 3.63) is 24.5 Å². The topological polar surface area (TPSA) is 55.9 Å². The number of rotatable bonds is 5. The molecule has 0 radical (unpaired) electrons. The summed E-state index contributed by atoms with van der Waals surface area (Å²) >= 11 is 0. The predicted octanol–water partition coefficient (Wildman–Crippen LogP) is 1.82. The lowest BCUT2D eigenvalue weighted by molar-refractivity contribution is 0.545. The Bertz CT molecular complexity index is 472. The minimum absolute atomic E-state index is 0.628. The average molecular weight is 234 g/mol. The summed E-state index contributed by atoms with van der Waals surface area (Å²) in [5, 5.41) is 7.49. The van der Waals surface area contributed by atoms with E-state index in [9.17, 15) is 0 Å². The third-order valence-electron chi connectivity index (χ3n) is 2.45. The first-order chi connectivity index (χ1) is 8.16. The van der Waals surface area contributed by atoms with E-state index < -0.39 is 0 Å². The van der Waals surface area contributed by atoms with Gasteiger partial charge in [-0.1, -0.05) is 13.8 Å². The summed E-state index contributed by atoms with van der Waals surface area (Å²) in [6, 6.07) is 0. The first-order valence-electron chi connectivity index (χ1n) is 5.79. The van der Waals surface area contributed by atoms with Crippen LogP contribution in [0.2, 0.25) is 0 Å². The van der Waals surface area contributed by atoms with Gasteiger partial charge in [0.15, 0.2) is 12.2 Å². The minimum atomic E-state index is 0.628. The van der Waals surface area contributed by atoms with Gasteiger partial charge in [0.1, 0.15) is 5.69 Å². The molecule has 5 heteroatoms. The van der Waals surface area contributed by atoms with Gasteiger partial charge < -0.3 is 9.73 Å². The molecule has 0 aliphatic heterocycles. The Morgan fingerprint density at radius 2 is 2.29 bits per heavy atom. The molecule has 2 aromatic rings. The van der Waals surface area contributed by atoms with Gasteiger partial charge in [-0.15, -0.1) is 0 Å². The summed E-state index contributed by atoms with van der Waals surface area (Å²) < 4.78 is 7.17. The van der Waals surface area contributed by atoms with Crippen LogP contribution in [-0.2, 0) is 13.6 Å². The summed E-state index contributed by atoms with van der Waals surface area (Å²) in [5.74, 6) is 1.43. The molecule has 5 nitrogen and oxygen atoms in total. The van der Waals surface area contributed by atoms with Crippen LogP contribution in [-0.4, -0.2) is 21.3 Å². The lowest BCUT2D eigenvalue weighted by atomic mass is 10.2. The van der Waals surface area contributed by atoms with Gasteiger partial charge in [0, 0.05) is 19.8 Å². The van der Waals surface area contributed by atoms with E-state index in [0.717, 1.165) is 30.1 Å². The molecule has 0 aliphatic carbocycles. The van der Waals surface area contributed by atoms with Crippen LogP contribution in [0.4, 0.5) is 0 Å². The highest BCUT2D eigenvalue weighted by molar-refractivity contribution is 5.57. The molecule has 0 unspecified atom stereocenters. The van der Waals surface area contributed by atoms with Crippen LogP contribution in [0.15, 0.2) is 23.2 Å². The van der Waals surface area contributed by atoms with Crippen molar-refractivity contribution < 1.29 is 4.42 Å². The van der Waals surface area contributed by atoms with Crippen molar-refractivity contribution in [1.82, 2.24) is 20.1 Å². The Kier molecular flexibility index (Phi) is 3.58. The van der Waals surface area contributed by atoms with Crippen molar-refractivity contribution in [2.24, 2.45) is 13.0 Å². The van der Waals surface area contributed by atoms with Crippen molar-refractivity contribution in [3.63, 3.8) is 0 Å². The SMILES string of the molecule is CC(C)CNCc1ncoc1-c1cnn(C)c1. The Hall–Kier alpha value is -1.62. The van der Waals surface area contributed by atoms with Crippen LogP contribution in [0.5, 0.6) is 0 Å². The van der Waals surface area contributed by atoms with Gasteiger partial charge >= 0.3 is 0 Å². The molecule has 0 aliphatic rings. The summed E-state index contributed by atoms with van der Waals surface area (Å²) in [7, 11) is 1.89. The fourth-order valence-corrected chi connectivity index (χ4v) is 1.65. The number of nitrogens with zero attached hydrogens (tertiary/aromatic N) is 3. The summed E-state index contributed by atoms with van der Waals surface area (Å²) in [6.07, 6.45) is 5.19. The Morgan fingerprint density at radius 1 is 1.47 bits per heavy atom. The molecule has 0 saturated carbocycles. The molecule has 2 aromatic heterocycles. The molecule has 0 saturated heterocycles. The molecule has 2 rings (SSSR count). The lowest BCUT2D eigenvalue weighted by Gasteiger charge is -2.05. The highest BCUT2D eigenvalue weighted by Gasteiger charge is 2.11. The zero-order valence-corrected chi connectivity index (χ0v) is 10.5. The van der Waals surface area contributed by atoms with Gasteiger partial charge in [-0.05, 0) is 12.5 Å². The highest BCUT2D eigenvalue weighted by Crippen LogP contribution is 2.21. The zero-order valence-electron chi connectivity index (χ0n) is 10.5. The third kappa shape index (κ3) is 2.94. The molecule has 0 atom stereocenters. The highest BCUT2D eigenvalue weighted by atomic mass is 16.3. The number of nitrogens with one attached hydrogen (secondary N) is 1. The van der Waals surface area contributed by atoms with E-state index in [1.807, 2.05) is 13.2 Å². The van der Waals surface area contributed by atoms with Gasteiger partial charge in [0.05, 0.1) is 11.8 Å². The van der Waals surface area contributed by atoms with E-state index in [0.29, 0.717) is 5.92 Å². The second-order valence-electron chi connectivity index (χ2n) is 4.56. The van der Waals surface area contributed by atoms with Crippen LogP contribution in [0.25, 0.3) is 11.3 Å². The standard InChI is InChI=1S/C12H18N4O/c1-9(2)4-13-6-11-12(17-8-14-11)10-5-15-16(3)7-10/h5,7-9,13H,4,6H2,1-3H3. The van der Waals surface area contributed by atoms with Crippen LogP contribution < -0.4 is 5.32 Å². The number of oxazole rings is 1. The number of hydrogen-bond acceptors (Lipinski definition) is 4. The Labute approximate surface area is 101 Å². The first kappa shape index (κ1) is 11.9. The van der Waals surface area contributed by atoms with Gasteiger partial charge in [-0.2, -0.15) is 5.10 Å².